The lowest BCUT2D eigenvalue weighted by Crippen LogP contribution is -2.56. The molecule has 3 heteroatoms. The molecule has 0 radical (unpaired) electrons. The van der Waals surface area contributed by atoms with E-state index in [0.717, 1.165) is 36.0 Å². The first-order valence-electron chi connectivity index (χ1n) is 12.3. The summed E-state index contributed by atoms with van der Waals surface area (Å²) in [6.07, 6.45) is 17.8. The van der Waals surface area contributed by atoms with E-state index >= 15 is 0 Å². The minimum atomic E-state index is -0.405. The van der Waals surface area contributed by atoms with Crippen molar-refractivity contribution in [3.05, 3.63) is 0 Å². The molecule has 9 unspecified atom stereocenters. The van der Waals surface area contributed by atoms with Crippen molar-refractivity contribution in [3.8, 4) is 0 Å². The van der Waals surface area contributed by atoms with E-state index < -0.39 is 6.23 Å². The van der Waals surface area contributed by atoms with Gasteiger partial charge in [0, 0.05) is 12.0 Å². The molecule has 9 atom stereocenters. The first kappa shape index (κ1) is 18.9. The van der Waals surface area contributed by atoms with Crippen LogP contribution in [0.2, 0.25) is 0 Å². The summed E-state index contributed by atoms with van der Waals surface area (Å²) in [6, 6.07) is 0.112. The Morgan fingerprint density at radius 2 is 1.15 bits per heavy atom. The maximum absolute atomic E-state index is 11.5. The van der Waals surface area contributed by atoms with Gasteiger partial charge in [0.25, 0.3) is 0 Å². The number of rotatable bonds is 3. The summed E-state index contributed by atoms with van der Waals surface area (Å²) in [7, 11) is 0. The smallest absolute Gasteiger partial charge is 0.108 e. The van der Waals surface area contributed by atoms with Gasteiger partial charge >= 0.3 is 0 Å². The second kappa shape index (κ2) is 7.95. The molecule has 0 heterocycles. The number of fused-ring (bicyclic) bond motifs is 3. The minimum Gasteiger partial charge on any atom is -0.391 e. The molecule has 0 saturated heterocycles. The first-order valence-corrected chi connectivity index (χ1v) is 12.3. The van der Waals surface area contributed by atoms with Crippen LogP contribution in [0.5, 0.6) is 0 Å². The van der Waals surface area contributed by atoms with Gasteiger partial charge in [0.15, 0.2) is 0 Å². The molecule has 5 rings (SSSR count). The maximum atomic E-state index is 11.5. The second-order valence-corrected chi connectivity index (χ2v) is 10.9. The Bertz CT molecular complexity index is 489. The minimum absolute atomic E-state index is 0.112. The maximum Gasteiger partial charge on any atom is 0.108 e. The third kappa shape index (κ3) is 3.73. The lowest BCUT2D eigenvalue weighted by atomic mass is 9.54. The molecule has 0 spiro atoms. The van der Waals surface area contributed by atoms with E-state index in [9.17, 15) is 10.2 Å². The molecular weight excluding hydrogens is 334 g/mol. The Kier molecular flexibility index (Phi) is 5.56. The number of hydrogen-bond acceptors (Lipinski definition) is 3. The van der Waals surface area contributed by atoms with Gasteiger partial charge in [-0.05, 0) is 67.6 Å². The lowest BCUT2D eigenvalue weighted by molar-refractivity contribution is -0.0940. The monoisotopic (exact) mass is 375 g/mol. The molecule has 27 heavy (non-hydrogen) atoms. The Hall–Kier alpha value is -0.120. The van der Waals surface area contributed by atoms with Crippen molar-refractivity contribution in [3.63, 3.8) is 0 Å². The van der Waals surface area contributed by atoms with Gasteiger partial charge in [0.1, 0.15) is 6.23 Å². The predicted molar refractivity (Wildman–Crippen MR) is 108 cm³/mol. The molecule has 5 aliphatic carbocycles. The highest BCUT2D eigenvalue weighted by atomic mass is 16.3. The van der Waals surface area contributed by atoms with Crippen LogP contribution in [0.1, 0.15) is 89.9 Å². The summed E-state index contributed by atoms with van der Waals surface area (Å²) in [6.45, 7) is 0. The largest absolute Gasteiger partial charge is 0.391 e. The molecule has 0 aromatic heterocycles. The highest BCUT2D eigenvalue weighted by Gasteiger charge is 2.50. The molecule has 5 saturated carbocycles. The molecule has 3 N–H and O–H groups in total. The van der Waals surface area contributed by atoms with Crippen LogP contribution >= 0.6 is 0 Å². The lowest BCUT2D eigenvalue weighted by Gasteiger charge is -2.53. The second-order valence-electron chi connectivity index (χ2n) is 10.9. The van der Waals surface area contributed by atoms with E-state index in [4.69, 9.17) is 0 Å². The van der Waals surface area contributed by atoms with E-state index in [-0.39, 0.29) is 12.1 Å². The van der Waals surface area contributed by atoms with E-state index in [1.807, 2.05) is 0 Å². The van der Waals surface area contributed by atoms with Gasteiger partial charge in [-0.3, -0.25) is 5.32 Å². The van der Waals surface area contributed by atoms with Crippen LogP contribution in [0.25, 0.3) is 0 Å². The molecule has 154 valence electrons. The summed E-state index contributed by atoms with van der Waals surface area (Å²) in [5.41, 5.74) is 0. The fourth-order valence-corrected chi connectivity index (χ4v) is 8.02. The summed E-state index contributed by atoms with van der Waals surface area (Å²) in [5, 5.41) is 26.0. The zero-order valence-electron chi connectivity index (χ0n) is 17.1. The van der Waals surface area contributed by atoms with Gasteiger partial charge in [0.05, 0.1) is 6.10 Å². The van der Waals surface area contributed by atoms with Crippen molar-refractivity contribution in [2.45, 2.75) is 108 Å². The van der Waals surface area contributed by atoms with E-state index in [0.29, 0.717) is 11.8 Å². The summed E-state index contributed by atoms with van der Waals surface area (Å²) in [4.78, 5) is 0. The van der Waals surface area contributed by atoms with Gasteiger partial charge in [-0.2, -0.15) is 0 Å². The fraction of sp³-hybridized carbons (Fsp3) is 1.00. The fourth-order valence-electron chi connectivity index (χ4n) is 8.02. The molecule has 0 aromatic carbocycles. The van der Waals surface area contributed by atoms with Crippen molar-refractivity contribution in [2.75, 3.05) is 0 Å². The van der Waals surface area contributed by atoms with Crippen LogP contribution in [-0.2, 0) is 0 Å². The van der Waals surface area contributed by atoms with Crippen LogP contribution in [0.3, 0.4) is 0 Å². The molecule has 0 amide bonds. The third-order valence-electron chi connectivity index (χ3n) is 9.45. The van der Waals surface area contributed by atoms with E-state index in [1.165, 1.54) is 83.5 Å². The SMILES string of the molecule is OC(NC1CCCCC2CC2C1O)C1C2CCCCC2CC2CCCCC21. The molecule has 3 nitrogen and oxygen atoms in total. The van der Waals surface area contributed by atoms with Crippen LogP contribution in [-0.4, -0.2) is 28.6 Å². The van der Waals surface area contributed by atoms with Gasteiger partial charge in [0.2, 0.25) is 0 Å². The Labute approximate surface area is 165 Å². The molecule has 0 bridgehead atoms. The predicted octanol–water partition coefficient (Wildman–Crippen LogP) is 4.47. The Morgan fingerprint density at radius 3 is 1.78 bits per heavy atom. The van der Waals surface area contributed by atoms with Gasteiger partial charge in [-0.1, -0.05) is 57.8 Å². The standard InChI is InChI=1S/C24H41NO2/c26-23-20-14-17(20)9-3-6-12-21(23)25-24(27)22-18-10-4-1-7-15(18)13-16-8-2-5-11-19(16)22/h15-27H,1-14H2. The molecule has 5 aliphatic rings. The topological polar surface area (TPSA) is 52.5 Å². The van der Waals surface area contributed by atoms with Gasteiger partial charge in [-0.25, -0.2) is 0 Å². The first-order chi connectivity index (χ1) is 13.2. The van der Waals surface area contributed by atoms with E-state index in [1.54, 1.807) is 0 Å². The van der Waals surface area contributed by atoms with Gasteiger partial charge < -0.3 is 10.2 Å². The number of hydrogen-bond donors (Lipinski definition) is 3. The van der Waals surface area contributed by atoms with Crippen molar-refractivity contribution in [1.82, 2.24) is 5.32 Å². The van der Waals surface area contributed by atoms with Crippen molar-refractivity contribution in [1.29, 1.82) is 0 Å². The zero-order valence-corrected chi connectivity index (χ0v) is 17.1. The average molecular weight is 376 g/mol. The number of aliphatic hydroxyl groups excluding tert-OH is 2. The van der Waals surface area contributed by atoms with Crippen LogP contribution in [0.4, 0.5) is 0 Å². The molecular formula is C24H41NO2. The summed E-state index contributed by atoms with van der Waals surface area (Å²) >= 11 is 0. The molecule has 0 aliphatic heterocycles. The van der Waals surface area contributed by atoms with Crippen molar-refractivity contribution in [2.24, 2.45) is 41.4 Å². The Balaban J connectivity index is 1.32. The quantitative estimate of drug-likeness (QED) is 0.638. The summed E-state index contributed by atoms with van der Waals surface area (Å²) < 4.78 is 0. The third-order valence-corrected chi connectivity index (χ3v) is 9.45. The highest BCUT2D eigenvalue weighted by Crippen LogP contribution is 2.54. The van der Waals surface area contributed by atoms with E-state index in [2.05, 4.69) is 5.32 Å². The van der Waals surface area contributed by atoms with Crippen LogP contribution < -0.4 is 5.32 Å². The van der Waals surface area contributed by atoms with Crippen LogP contribution in [0, 0.1) is 41.4 Å². The van der Waals surface area contributed by atoms with Gasteiger partial charge in [-0.15, -0.1) is 0 Å². The Morgan fingerprint density at radius 1 is 0.630 bits per heavy atom. The molecule has 5 fully saturated rings. The number of aliphatic hydroxyl groups is 2. The van der Waals surface area contributed by atoms with Crippen molar-refractivity contribution >= 4 is 0 Å². The summed E-state index contributed by atoms with van der Waals surface area (Å²) in [5.74, 6) is 4.86. The highest BCUT2D eigenvalue weighted by molar-refractivity contribution is 5.01. The normalized spacial score (nSPS) is 51.1. The zero-order chi connectivity index (χ0) is 18.4. The average Bonchev–Trinajstić information content (AvgIpc) is 3.45. The number of nitrogens with one attached hydrogen (secondary N) is 1. The molecule has 0 aromatic rings. The van der Waals surface area contributed by atoms with Crippen molar-refractivity contribution < 1.29 is 10.2 Å². The van der Waals surface area contributed by atoms with Crippen LogP contribution in [0.15, 0.2) is 0 Å².